The van der Waals surface area contributed by atoms with Crippen LogP contribution in [0.2, 0.25) is 0 Å². The Morgan fingerprint density at radius 3 is 2.59 bits per heavy atom. The molecule has 1 atom stereocenters. The largest absolute Gasteiger partial charge is 0.369 e. The van der Waals surface area contributed by atoms with Crippen molar-refractivity contribution in [2.75, 3.05) is 11.4 Å². The van der Waals surface area contributed by atoms with Crippen LogP contribution in [0, 0.1) is 0 Å². The van der Waals surface area contributed by atoms with Crippen LogP contribution in [-0.4, -0.2) is 33.5 Å². The third kappa shape index (κ3) is 1.97. The summed E-state index contributed by atoms with van der Waals surface area (Å²) in [5.41, 5.74) is -1.64. The van der Waals surface area contributed by atoms with Crippen LogP contribution in [0.5, 0.6) is 0 Å². The number of aromatic nitrogens is 2. The van der Waals surface area contributed by atoms with E-state index < -0.39 is 11.8 Å². The molecular formula is C10H16N4O3. The number of amides is 2. The fourth-order valence-corrected chi connectivity index (χ4v) is 1.54. The Labute approximate surface area is 98.8 Å². The van der Waals surface area contributed by atoms with E-state index >= 15 is 0 Å². The summed E-state index contributed by atoms with van der Waals surface area (Å²) in [4.78, 5) is 16.8. The van der Waals surface area contributed by atoms with Gasteiger partial charge in [0.05, 0.1) is 6.54 Å². The van der Waals surface area contributed by atoms with Gasteiger partial charge in [-0.05, 0) is 12.1 Å². The number of rotatable bonds is 1. The topological polar surface area (TPSA) is 91.5 Å². The monoisotopic (exact) mass is 240 g/mol. The SMILES string of the molecule is CC(C)(C)c1nc(N2C(=O)NCC2(C)O)no1. The first kappa shape index (κ1) is 11.8. The van der Waals surface area contributed by atoms with Crippen molar-refractivity contribution in [2.24, 2.45) is 0 Å². The summed E-state index contributed by atoms with van der Waals surface area (Å²) < 4.78 is 5.09. The second kappa shape index (κ2) is 3.43. The highest BCUT2D eigenvalue weighted by Crippen LogP contribution is 2.27. The number of hydrogen-bond donors (Lipinski definition) is 2. The van der Waals surface area contributed by atoms with Gasteiger partial charge in [-0.1, -0.05) is 20.8 Å². The zero-order valence-electron chi connectivity index (χ0n) is 10.3. The zero-order chi connectivity index (χ0) is 12.8. The molecule has 0 aromatic carbocycles. The Bertz CT molecular complexity index is 447. The first-order valence-electron chi connectivity index (χ1n) is 5.36. The fraction of sp³-hybridized carbons (Fsp3) is 0.700. The van der Waals surface area contributed by atoms with Crippen LogP contribution in [0.3, 0.4) is 0 Å². The summed E-state index contributed by atoms with van der Waals surface area (Å²) >= 11 is 0. The molecule has 0 aliphatic carbocycles. The van der Waals surface area contributed by atoms with Crippen LogP contribution >= 0.6 is 0 Å². The third-order valence-corrected chi connectivity index (χ3v) is 2.52. The highest BCUT2D eigenvalue weighted by atomic mass is 16.5. The number of nitrogens with one attached hydrogen (secondary N) is 1. The molecule has 2 N–H and O–H groups in total. The van der Waals surface area contributed by atoms with Gasteiger partial charge in [-0.25, -0.2) is 9.69 Å². The number of carbonyl (C=O) groups excluding carboxylic acids is 1. The van der Waals surface area contributed by atoms with Crippen LogP contribution in [0.25, 0.3) is 0 Å². The lowest BCUT2D eigenvalue weighted by Crippen LogP contribution is -2.45. The van der Waals surface area contributed by atoms with Crippen molar-refractivity contribution in [1.82, 2.24) is 15.5 Å². The van der Waals surface area contributed by atoms with E-state index in [2.05, 4.69) is 15.5 Å². The number of hydrogen-bond acceptors (Lipinski definition) is 5. The maximum absolute atomic E-state index is 11.6. The van der Waals surface area contributed by atoms with E-state index in [0.29, 0.717) is 5.89 Å². The van der Waals surface area contributed by atoms with E-state index in [4.69, 9.17) is 4.52 Å². The number of carbonyl (C=O) groups is 1. The molecule has 2 amide bonds. The minimum atomic E-state index is -1.34. The van der Waals surface area contributed by atoms with Crippen LogP contribution in [-0.2, 0) is 5.41 Å². The fourth-order valence-electron chi connectivity index (χ4n) is 1.54. The number of anilines is 1. The van der Waals surface area contributed by atoms with Gasteiger partial charge >= 0.3 is 6.03 Å². The molecule has 1 aliphatic heterocycles. The zero-order valence-corrected chi connectivity index (χ0v) is 10.3. The summed E-state index contributed by atoms with van der Waals surface area (Å²) in [5.74, 6) is 0.498. The van der Waals surface area contributed by atoms with Crippen molar-refractivity contribution >= 4 is 12.0 Å². The Morgan fingerprint density at radius 2 is 2.18 bits per heavy atom. The summed E-state index contributed by atoms with van der Waals surface area (Å²) in [6, 6.07) is -0.434. The molecule has 2 rings (SSSR count). The lowest BCUT2D eigenvalue weighted by atomic mass is 9.97. The Hall–Kier alpha value is -1.63. The van der Waals surface area contributed by atoms with E-state index in [-0.39, 0.29) is 17.9 Å². The molecule has 0 saturated carbocycles. The van der Waals surface area contributed by atoms with Crippen molar-refractivity contribution in [1.29, 1.82) is 0 Å². The minimum absolute atomic E-state index is 0.0786. The Balaban J connectivity index is 2.35. The highest BCUT2D eigenvalue weighted by Gasteiger charge is 2.44. The number of nitrogens with zero attached hydrogens (tertiary/aromatic N) is 3. The second-order valence-corrected chi connectivity index (χ2v) is 5.36. The van der Waals surface area contributed by atoms with Crippen molar-refractivity contribution < 1.29 is 14.4 Å². The van der Waals surface area contributed by atoms with Gasteiger partial charge in [-0.2, -0.15) is 4.98 Å². The number of urea groups is 1. The molecule has 1 aliphatic rings. The standard InChI is InChI=1S/C10H16N4O3/c1-9(2,3)6-12-7(13-17-6)14-8(15)11-5-10(14,4)16/h16H,5H2,1-4H3,(H,11,15). The van der Waals surface area contributed by atoms with Crippen LogP contribution in [0.15, 0.2) is 4.52 Å². The molecule has 94 valence electrons. The molecule has 17 heavy (non-hydrogen) atoms. The number of aliphatic hydroxyl groups is 1. The molecule has 1 aromatic rings. The molecule has 7 heteroatoms. The van der Waals surface area contributed by atoms with E-state index in [1.807, 2.05) is 20.8 Å². The third-order valence-electron chi connectivity index (χ3n) is 2.52. The lowest BCUT2D eigenvalue weighted by Gasteiger charge is -2.24. The Morgan fingerprint density at radius 1 is 1.53 bits per heavy atom. The van der Waals surface area contributed by atoms with E-state index in [1.165, 1.54) is 6.92 Å². The minimum Gasteiger partial charge on any atom is -0.369 e. The van der Waals surface area contributed by atoms with Gasteiger partial charge in [0.2, 0.25) is 5.89 Å². The van der Waals surface area contributed by atoms with E-state index in [9.17, 15) is 9.90 Å². The van der Waals surface area contributed by atoms with Crippen LogP contribution < -0.4 is 10.2 Å². The van der Waals surface area contributed by atoms with Crippen LogP contribution in [0.1, 0.15) is 33.6 Å². The van der Waals surface area contributed by atoms with E-state index in [0.717, 1.165) is 4.90 Å². The molecular weight excluding hydrogens is 224 g/mol. The lowest BCUT2D eigenvalue weighted by molar-refractivity contribution is 0.0842. The molecule has 1 saturated heterocycles. The summed E-state index contributed by atoms with van der Waals surface area (Å²) in [6.07, 6.45) is 0. The predicted octanol–water partition coefficient (Wildman–Crippen LogP) is 0.605. The van der Waals surface area contributed by atoms with Gasteiger partial charge in [0.1, 0.15) is 0 Å². The van der Waals surface area contributed by atoms with Crippen molar-refractivity contribution in [3.05, 3.63) is 5.89 Å². The first-order chi connectivity index (χ1) is 7.72. The van der Waals surface area contributed by atoms with E-state index in [1.54, 1.807) is 0 Å². The maximum atomic E-state index is 11.6. The molecule has 2 heterocycles. The van der Waals surface area contributed by atoms with Crippen molar-refractivity contribution in [3.63, 3.8) is 0 Å². The molecule has 1 unspecified atom stereocenters. The quantitative estimate of drug-likeness (QED) is 0.750. The van der Waals surface area contributed by atoms with Crippen molar-refractivity contribution in [2.45, 2.75) is 38.8 Å². The smallest absolute Gasteiger partial charge is 0.326 e. The molecule has 7 nitrogen and oxygen atoms in total. The number of β-amino-alcohol motifs (C(OH)–C–C–N with tert-alkyl or cyclic N) is 1. The molecule has 1 fully saturated rings. The van der Waals surface area contributed by atoms with Gasteiger partial charge < -0.3 is 14.9 Å². The summed E-state index contributed by atoms with van der Waals surface area (Å²) in [5, 5.41) is 16.3. The normalized spacial score (nSPS) is 25.2. The first-order valence-corrected chi connectivity index (χ1v) is 5.36. The molecule has 0 spiro atoms. The van der Waals surface area contributed by atoms with Gasteiger partial charge in [0.15, 0.2) is 5.72 Å². The molecule has 0 bridgehead atoms. The molecule has 1 aromatic heterocycles. The highest BCUT2D eigenvalue weighted by molar-refractivity contribution is 5.93. The van der Waals surface area contributed by atoms with Crippen LogP contribution in [0.4, 0.5) is 10.7 Å². The summed E-state index contributed by atoms with van der Waals surface area (Å²) in [6.45, 7) is 7.41. The predicted molar refractivity (Wildman–Crippen MR) is 59.5 cm³/mol. The van der Waals surface area contributed by atoms with Gasteiger partial charge in [0, 0.05) is 5.41 Å². The van der Waals surface area contributed by atoms with Gasteiger partial charge in [-0.3, -0.25) is 0 Å². The Kier molecular flexibility index (Phi) is 2.39. The second-order valence-electron chi connectivity index (χ2n) is 5.36. The average Bonchev–Trinajstić information content (AvgIpc) is 2.70. The molecule has 0 radical (unpaired) electrons. The van der Waals surface area contributed by atoms with Crippen molar-refractivity contribution in [3.8, 4) is 0 Å². The maximum Gasteiger partial charge on any atom is 0.326 e. The average molecular weight is 240 g/mol. The van der Waals surface area contributed by atoms with Gasteiger partial charge in [-0.15, -0.1) is 0 Å². The summed E-state index contributed by atoms with van der Waals surface area (Å²) in [7, 11) is 0. The van der Waals surface area contributed by atoms with Gasteiger partial charge in [0.25, 0.3) is 5.95 Å².